The van der Waals surface area contributed by atoms with Crippen LogP contribution in [-0.4, -0.2) is 20.6 Å². The highest BCUT2D eigenvalue weighted by Gasteiger charge is 2.16. The number of rotatable bonds is 6. The number of anilines is 1. The van der Waals surface area contributed by atoms with Crippen molar-refractivity contribution in [3.05, 3.63) is 94.5 Å². The molecular formula is C24H27AlN2. The van der Waals surface area contributed by atoms with Crippen LogP contribution in [-0.2, 0) is 5.28 Å². The van der Waals surface area contributed by atoms with Gasteiger partial charge >= 0.3 is 14.4 Å². The second-order valence-corrected chi connectivity index (χ2v) is 9.81. The average Bonchev–Trinajstić information content (AvgIpc) is 2.64. The van der Waals surface area contributed by atoms with Gasteiger partial charge in [0.25, 0.3) is 0 Å². The van der Waals surface area contributed by atoms with Crippen LogP contribution < -0.4 is 4.30 Å². The Kier molecular flexibility index (Phi) is 6.50. The van der Waals surface area contributed by atoms with Crippen molar-refractivity contribution in [3.8, 4) is 0 Å². The zero-order valence-electron chi connectivity index (χ0n) is 16.7. The van der Waals surface area contributed by atoms with E-state index in [0.717, 1.165) is 11.0 Å². The molecule has 0 saturated heterocycles. The third-order valence-electron chi connectivity index (χ3n) is 4.81. The lowest BCUT2D eigenvalue weighted by Gasteiger charge is -2.17. The predicted octanol–water partition coefficient (Wildman–Crippen LogP) is 6.18. The van der Waals surface area contributed by atoms with E-state index in [1.54, 1.807) is 0 Å². The van der Waals surface area contributed by atoms with Crippen LogP contribution in [0, 0.1) is 20.8 Å². The predicted molar refractivity (Wildman–Crippen MR) is 120 cm³/mol. The van der Waals surface area contributed by atoms with Gasteiger partial charge in [-0.25, -0.2) is 0 Å². The second-order valence-electron chi connectivity index (χ2n) is 7.31. The molecule has 0 aromatic heterocycles. The fraction of sp³-hybridized carbons (Fsp3) is 0.208. The summed E-state index contributed by atoms with van der Waals surface area (Å²) >= 11 is -1.16. The van der Waals surface area contributed by atoms with Gasteiger partial charge in [-0.3, -0.25) is 4.99 Å². The van der Waals surface area contributed by atoms with Crippen LogP contribution in [0.15, 0.2) is 71.7 Å². The van der Waals surface area contributed by atoms with Gasteiger partial charge in [-0.05, 0) is 60.4 Å². The molecule has 0 aliphatic carbocycles. The lowest BCUT2D eigenvalue weighted by Crippen LogP contribution is -2.25. The summed E-state index contributed by atoms with van der Waals surface area (Å²) in [7, 11) is 0. The van der Waals surface area contributed by atoms with Gasteiger partial charge in [0.1, 0.15) is 0 Å². The first-order valence-electron chi connectivity index (χ1n) is 9.54. The Morgan fingerprint density at radius 2 is 1.59 bits per heavy atom. The van der Waals surface area contributed by atoms with Crippen LogP contribution in [0.3, 0.4) is 0 Å². The molecule has 1 N–H and O–H groups in total. The van der Waals surface area contributed by atoms with Crippen LogP contribution >= 0.6 is 0 Å². The molecule has 3 rings (SSSR count). The second kappa shape index (κ2) is 9.04. The van der Waals surface area contributed by atoms with E-state index in [2.05, 4.69) is 96.5 Å². The Hall–Kier alpha value is -2.34. The monoisotopic (exact) mass is 370 g/mol. The third kappa shape index (κ3) is 5.33. The highest BCUT2D eigenvalue weighted by atomic mass is 27.2. The lowest BCUT2D eigenvalue weighted by molar-refractivity contribution is 1.31. The quantitative estimate of drug-likeness (QED) is 0.407. The molecule has 0 unspecified atom stereocenters. The maximum atomic E-state index is 4.69. The van der Waals surface area contributed by atoms with Crippen molar-refractivity contribution in [2.75, 3.05) is 4.30 Å². The van der Waals surface area contributed by atoms with E-state index in [0.29, 0.717) is 0 Å². The molecular weight excluding hydrogens is 343 g/mol. The molecule has 3 aromatic carbocycles. The summed E-state index contributed by atoms with van der Waals surface area (Å²) in [6.45, 7) is 6.46. The molecule has 0 bridgehead atoms. The Morgan fingerprint density at radius 3 is 2.33 bits per heavy atom. The van der Waals surface area contributed by atoms with Crippen molar-refractivity contribution >= 4 is 32.0 Å². The molecule has 0 fully saturated rings. The van der Waals surface area contributed by atoms with Gasteiger partial charge < -0.3 is 4.30 Å². The van der Waals surface area contributed by atoms with Crippen molar-refractivity contribution in [2.24, 2.45) is 4.99 Å². The van der Waals surface area contributed by atoms with E-state index in [1.807, 2.05) is 12.3 Å². The Bertz CT molecular complexity index is 926. The van der Waals surface area contributed by atoms with Crippen molar-refractivity contribution in [2.45, 2.75) is 31.8 Å². The number of nitrogens with one attached hydrogen (secondary N) is 1. The van der Waals surface area contributed by atoms with E-state index >= 15 is 0 Å². The number of hydrogen-bond donors (Lipinski definition) is 1. The maximum absolute atomic E-state index is 4.69. The first-order chi connectivity index (χ1) is 13.0. The molecule has 0 radical (unpaired) electrons. The van der Waals surface area contributed by atoms with Gasteiger partial charge in [0.15, 0.2) is 0 Å². The standard InChI is InChI=1S/C15H14N.C8H10N.CH3.Al/c1-12-6-5-9-15(10-12)16-11-14-8-4-3-7-13(14)2;1-6-4-3-5-7(2)8(6)9;;/h3-11H,2H2,1H3;3-5,9H,1-2H3;1H3;/q;-1;;+1. The number of para-hydroxylation sites is 1. The summed E-state index contributed by atoms with van der Waals surface area (Å²) in [6.07, 6.45) is 2.00. The van der Waals surface area contributed by atoms with E-state index in [4.69, 9.17) is 0 Å². The Labute approximate surface area is 167 Å². The number of aryl methyl sites for hydroxylation is 3. The summed E-state index contributed by atoms with van der Waals surface area (Å²) in [5.41, 5.74) is 8.77. The van der Waals surface area contributed by atoms with Crippen LogP contribution in [0.1, 0.15) is 27.8 Å². The fourth-order valence-corrected chi connectivity index (χ4v) is 5.45. The highest BCUT2D eigenvalue weighted by Crippen LogP contribution is 2.21. The smallest absolute Gasteiger partial charge is 0.412 e. The summed E-state index contributed by atoms with van der Waals surface area (Å²) in [5, 5.41) is 1.09. The minimum atomic E-state index is -1.16. The maximum Gasteiger partial charge on any atom is 0.412 e. The molecule has 3 aromatic rings. The van der Waals surface area contributed by atoms with Gasteiger partial charge in [0, 0.05) is 11.9 Å². The lowest BCUT2D eigenvalue weighted by atomic mass is 10.1. The molecule has 0 amide bonds. The normalized spacial score (nSPS) is 11.0. The number of hydrogen-bond acceptors (Lipinski definition) is 2. The topological polar surface area (TPSA) is 24.4 Å². The van der Waals surface area contributed by atoms with Crippen LogP contribution in [0.2, 0.25) is 5.79 Å². The van der Waals surface area contributed by atoms with Crippen LogP contribution in [0.5, 0.6) is 0 Å². The van der Waals surface area contributed by atoms with E-state index in [-0.39, 0.29) is 0 Å². The van der Waals surface area contributed by atoms with Gasteiger partial charge in [-0.1, -0.05) is 65.9 Å². The van der Waals surface area contributed by atoms with Crippen molar-refractivity contribution < 1.29 is 0 Å². The zero-order valence-corrected chi connectivity index (χ0v) is 17.8. The van der Waals surface area contributed by atoms with Gasteiger partial charge in [-0.2, -0.15) is 0 Å². The Balaban J connectivity index is 1.76. The summed E-state index contributed by atoms with van der Waals surface area (Å²) in [6, 6.07) is 23.4. The summed E-state index contributed by atoms with van der Waals surface area (Å²) < 4.78 is 3.83. The highest BCUT2D eigenvalue weighted by molar-refractivity contribution is 6.60. The molecule has 0 aliphatic heterocycles. The molecule has 136 valence electrons. The van der Waals surface area contributed by atoms with Gasteiger partial charge in [0.05, 0.1) is 5.69 Å². The molecule has 0 aliphatic rings. The van der Waals surface area contributed by atoms with E-state index in [9.17, 15) is 0 Å². The fourth-order valence-electron chi connectivity index (χ4n) is 3.37. The number of nitrogens with zero attached hydrogens (tertiary/aromatic N) is 1. The number of aliphatic imine (C=N–C) groups is 1. The molecule has 0 atom stereocenters. The summed E-state index contributed by atoms with van der Waals surface area (Å²) in [4.78, 5) is 4.69. The third-order valence-corrected chi connectivity index (χ3v) is 6.64. The molecule has 0 spiro atoms. The first-order valence-corrected chi connectivity index (χ1v) is 12.1. The molecule has 0 heterocycles. The minimum Gasteiger partial charge on any atom is -0.476 e. The molecule has 3 heteroatoms. The Morgan fingerprint density at radius 1 is 0.889 bits per heavy atom. The summed E-state index contributed by atoms with van der Waals surface area (Å²) in [5.74, 6) is 2.38. The molecule has 0 saturated carbocycles. The zero-order chi connectivity index (χ0) is 19.2. The van der Waals surface area contributed by atoms with Crippen molar-refractivity contribution in [1.29, 1.82) is 0 Å². The first kappa shape index (κ1) is 19.4. The van der Waals surface area contributed by atoms with Crippen molar-refractivity contribution in [3.63, 3.8) is 0 Å². The van der Waals surface area contributed by atoms with Crippen LogP contribution in [0.4, 0.5) is 11.4 Å². The van der Waals surface area contributed by atoms with E-state index < -0.39 is 14.4 Å². The average molecular weight is 370 g/mol. The molecule has 27 heavy (non-hydrogen) atoms. The van der Waals surface area contributed by atoms with E-state index in [1.165, 1.54) is 33.5 Å². The number of benzene rings is 3. The van der Waals surface area contributed by atoms with Crippen LogP contribution in [0.25, 0.3) is 0 Å². The van der Waals surface area contributed by atoms with Gasteiger partial charge in [0.2, 0.25) is 0 Å². The largest absolute Gasteiger partial charge is 0.476 e. The molecule has 2 nitrogen and oxygen atoms in total. The van der Waals surface area contributed by atoms with Crippen molar-refractivity contribution in [1.82, 2.24) is 0 Å². The SMILES string of the molecule is Cc1cccc(N=Cc2ccccc2[CH2][Al]([CH3])[NH]c2c(C)cccc2C)c1. The van der Waals surface area contributed by atoms with Gasteiger partial charge in [-0.15, -0.1) is 0 Å². The minimum absolute atomic E-state index is 1.00.